The molecule has 0 amide bonds. The van der Waals surface area contributed by atoms with E-state index < -0.39 is 0 Å². The summed E-state index contributed by atoms with van der Waals surface area (Å²) in [7, 11) is 0. The minimum atomic E-state index is 0.685. The lowest BCUT2D eigenvalue weighted by Gasteiger charge is -2.09. The minimum Gasteiger partial charge on any atom is -0.379 e. The smallest absolute Gasteiger partial charge is 0.100 e. The molecule has 0 saturated carbocycles. The Morgan fingerprint density at radius 3 is 2.89 bits per heavy atom. The molecule has 0 spiro atoms. The number of hydrogen-bond donors (Lipinski definition) is 1. The molecular weight excluding hydrogens is 332 g/mol. The fraction of sp³-hybridized carbons (Fsp3) is 0.154. The molecule has 0 fully saturated rings. The Morgan fingerprint density at radius 1 is 1.44 bits per heavy atom. The van der Waals surface area contributed by atoms with Crippen molar-refractivity contribution in [3.63, 3.8) is 0 Å². The normalized spacial score (nSPS) is 10.1. The number of aryl methyl sites for hydroxylation is 1. The maximum Gasteiger partial charge on any atom is 0.100 e. The molecule has 1 heterocycles. The summed E-state index contributed by atoms with van der Waals surface area (Å²) >= 11 is 11.2. The van der Waals surface area contributed by atoms with E-state index in [-0.39, 0.29) is 0 Å². The quantitative estimate of drug-likeness (QED) is 0.856. The van der Waals surface area contributed by atoms with Crippen molar-refractivity contribution in [3.05, 3.63) is 49.1 Å². The van der Waals surface area contributed by atoms with Gasteiger partial charge in [-0.25, -0.2) is 0 Å². The van der Waals surface area contributed by atoms with Crippen LogP contribution >= 0.6 is 38.9 Å². The molecule has 2 rings (SSSR count). The highest BCUT2D eigenvalue weighted by atomic mass is 79.9. The highest BCUT2D eigenvalue weighted by molar-refractivity contribution is 9.10. The van der Waals surface area contributed by atoms with Gasteiger partial charge in [-0.1, -0.05) is 11.6 Å². The zero-order valence-corrected chi connectivity index (χ0v) is 12.8. The predicted octanol–water partition coefficient (Wildman–Crippen LogP) is 4.96. The second-order valence-corrected chi connectivity index (χ2v) is 6.11. The van der Waals surface area contributed by atoms with Crippen molar-refractivity contribution in [1.82, 2.24) is 0 Å². The Balaban J connectivity index is 2.11. The van der Waals surface area contributed by atoms with Crippen LogP contribution < -0.4 is 5.32 Å². The zero-order chi connectivity index (χ0) is 13.1. The first-order chi connectivity index (χ1) is 8.60. The Bertz CT molecular complexity index is 616. The molecule has 0 saturated heterocycles. The molecular formula is C13H10BrClN2S. The van der Waals surface area contributed by atoms with Gasteiger partial charge in [0.2, 0.25) is 0 Å². The van der Waals surface area contributed by atoms with Gasteiger partial charge in [0.15, 0.2) is 0 Å². The lowest BCUT2D eigenvalue weighted by molar-refractivity contribution is 1.18. The van der Waals surface area contributed by atoms with Crippen molar-refractivity contribution in [3.8, 4) is 6.07 Å². The van der Waals surface area contributed by atoms with E-state index in [1.165, 1.54) is 0 Å². The standard InChI is InChI=1S/C13H10BrClN2S/c1-8-2-11(14)13(4-12(8)15)17-6-10-3-9(5-16)7-18-10/h2-4,7,17H,6H2,1H3. The van der Waals surface area contributed by atoms with E-state index in [1.807, 2.05) is 30.5 Å². The number of hydrogen-bond acceptors (Lipinski definition) is 3. The second kappa shape index (κ2) is 5.75. The van der Waals surface area contributed by atoms with Crippen LogP contribution in [0.5, 0.6) is 0 Å². The van der Waals surface area contributed by atoms with E-state index in [0.29, 0.717) is 12.1 Å². The topological polar surface area (TPSA) is 35.8 Å². The number of benzene rings is 1. The monoisotopic (exact) mass is 340 g/mol. The van der Waals surface area contributed by atoms with Crippen LogP contribution in [0.3, 0.4) is 0 Å². The molecule has 18 heavy (non-hydrogen) atoms. The van der Waals surface area contributed by atoms with Crippen LogP contribution in [-0.2, 0) is 6.54 Å². The van der Waals surface area contributed by atoms with Gasteiger partial charge in [0.1, 0.15) is 6.07 Å². The van der Waals surface area contributed by atoms with E-state index >= 15 is 0 Å². The van der Waals surface area contributed by atoms with Crippen molar-refractivity contribution in [1.29, 1.82) is 5.26 Å². The van der Waals surface area contributed by atoms with Crippen LogP contribution in [0.1, 0.15) is 16.0 Å². The van der Waals surface area contributed by atoms with Gasteiger partial charge >= 0.3 is 0 Å². The zero-order valence-electron chi connectivity index (χ0n) is 9.63. The third-order valence-electron chi connectivity index (χ3n) is 2.48. The maximum atomic E-state index is 8.76. The molecule has 1 aromatic heterocycles. The van der Waals surface area contributed by atoms with Crippen LogP contribution in [0.15, 0.2) is 28.1 Å². The van der Waals surface area contributed by atoms with Crippen molar-refractivity contribution < 1.29 is 0 Å². The Morgan fingerprint density at radius 2 is 2.22 bits per heavy atom. The van der Waals surface area contributed by atoms with Crippen molar-refractivity contribution >= 4 is 44.6 Å². The minimum absolute atomic E-state index is 0.685. The van der Waals surface area contributed by atoms with Gasteiger partial charge in [-0.15, -0.1) is 11.3 Å². The second-order valence-electron chi connectivity index (χ2n) is 3.85. The van der Waals surface area contributed by atoms with Gasteiger partial charge in [0, 0.05) is 26.3 Å². The largest absolute Gasteiger partial charge is 0.379 e. The molecule has 1 N–H and O–H groups in total. The molecule has 0 aliphatic heterocycles. The number of rotatable bonds is 3. The van der Waals surface area contributed by atoms with Crippen LogP contribution in [-0.4, -0.2) is 0 Å². The van der Waals surface area contributed by atoms with Crippen LogP contribution in [0.2, 0.25) is 5.02 Å². The summed E-state index contributed by atoms with van der Waals surface area (Å²) < 4.78 is 0.987. The molecule has 2 aromatic rings. The number of halogens is 2. The third kappa shape index (κ3) is 3.05. The highest BCUT2D eigenvalue weighted by Gasteiger charge is 2.05. The molecule has 1 aromatic carbocycles. The van der Waals surface area contributed by atoms with Crippen LogP contribution in [0.4, 0.5) is 5.69 Å². The Labute approximate surface area is 123 Å². The summed E-state index contributed by atoms with van der Waals surface area (Å²) in [6.07, 6.45) is 0. The van der Waals surface area contributed by atoms with Crippen LogP contribution in [0, 0.1) is 18.3 Å². The molecule has 0 atom stereocenters. The number of nitriles is 1. The first-order valence-corrected chi connectivity index (χ1v) is 7.32. The van der Waals surface area contributed by atoms with Gasteiger partial charge in [0.05, 0.1) is 11.3 Å². The molecule has 0 unspecified atom stereocenters. The van der Waals surface area contributed by atoms with Gasteiger partial charge in [0.25, 0.3) is 0 Å². The van der Waals surface area contributed by atoms with E-state index in [9.17, 15) is 0 Å². The summed E-state index contributed by atoms with van der Waals surface area (Å²) in [5.74, 6) is 0. The lowest BCUT2D eigenvalue weighted by atomic mass is 10.2. The summed E-state index contributed by atoms with van der Waals surface area (Å²) in [6.45, 7) is 2.65. The van der Waals surface area contributed by atoms with E-state index in [0.717, 1.165) is 25.6 Å². The lowest BCUT2D eigenvalue weighted by Crippen LogP contribution is -1.98. The van der Waals surface area contributed by atoms with Gasteiger partial charge < -0.3 is 5.32 Å². The number of anilines is 1. The SMILES string of the molecule is Cc1cc(Br)c(NCc2cc(C#N)cs2)cc1Cl. The average molecular weight is 342 g/mol. The fourth-order valence-corrected chi connectivity index (χ4v) is 3.01. The van der Waals surface area contributed by atoms with Gasteiger partial charge in [-0.05, 0) is 46.6 Å². The first kappa shape index (κ1) is 13.4. The third-order valence-corrected chi connectivity index (χ3v) is 4.48. The Kier molecular flexibility index (Phi) is 4.28. The van der Waals surface area contributed by atoms with Crippen molar-refractivity contribution in [2.45, 2.75) is 13.5 Å². The molecule has 0 aliphatic carbocycles. The maximum absolute atomic E-state index is 8.76. The summed E-state index contributed by atoms with van der Waals surface area (Å²) in [5, 5.41) is 14.7. The molecule has 2 nitrogen and oxygen atoms in total. The first-order valence-electron chi connectivity index (χ1n) is 5.27. The fourth-order valence-electron chi connectivity index (χ4n) is 1.50. The van der Waals surface area contributed by atoms with Crippen molar-refractivity contribution in [2.24, 2.45) is 0 Å². The van der Waals surface area contributed by atoms with E-state index in [1.54, 1.807) is 11.3 Å². The number of nitrogens with zero attached hydrogens (tertiary/aromatic N) is 1. The molecule has 0 radical (unpaired) electrons. The number of nitrogens with one attached hydrogen (secondary N) is 1. The summed E-state index contributed by atoms with van der Waals surface area (Å²) in [5.41, 5.74) is 2.70. The van der Waals surface area contributed by atoms with E-state index in [2.05, 4.69) is 27.3 Å². The molecule has 92 valence electrons. The Hall–Kier alpha value is -1.02. The summed E-state index contributed by atoms with van der Waals surface area (Å²) in [6, 6.07) is 7.90. The molecule has 0 bridgehead atoms. The highest BCUT2D eigenvalue weighted by Crippen LogP contribution is 2.29. The van der Waals surface area contributed by atoms with E-state index in [4.69, 9.17) is 16.9 Å². The number of thiophene rings is 1. The summed E-state index contributed by atoms with van der Waals surface area (Å²) in [4.78, 5) is 1.12. The molecule has 0 aliphatic rings. The molecule has 5 heteroatoms. The van der Waals surface area contributed by atoms with Crippen molar-refractivity contribution in [2.75, 3.05) is 5.32 Å². The van der Waals surface area contributed by atoms with Crippen LogP contribution in [0.25, 0.3) is 0 Å². The predicted molar refractivity (Wildman–Crippen MR) is 80.2 cm³/mol. The van der Waals surface area contributed by atoms with Gasteiger partial charge in [-0.2, -0.15) is 5.26 Å². The van der Waals surface area contributed by atoms with Gasteiger partial charge in [-0.3, -0.25) is 0 Å². The average Bonchev–Trinajstić information content (AvgIpc) is 2.80.